The van der Waals surface area contributed by atoms with Crippen molar-refractivity contribution in [1.29, 1.82) is 0 Å². The summed E-state index contributed by atoms with van der Waals surface area (Å²) in [5, 5.41) is 11.1. The largest absolute Gasteiger partial charge is 0.507 e. The maximum Gasteiger partial charge on any atom is 0.295 e. The number of likely N-dealkylation sites (tertiary alicyclic amines) is 1. The first-order valence-electron chi connectivity index (χ1n) is 9.58. The molecule has 8 nitrogen and oxygen atoms in total. The first-order chi connectivity index (χ1) is 14.4. The number of carbonyl (C=O) groups is 2. The van der Waals surface area contributed by atoms with Crippen LogP contribution in [-0.2, 0) is 9.59 Å². The van der Waals surface area contributed by atoms with E-state index in [4.69, 9.17) is 13.9 Å². The van der Waals surface area contributed by atoms with Crippen LogP contribution in [0.1, 0.15) is 23.8 Å². The number of aliphatic hydroxyl groups excluding tert-OH is 1. The van der Waals surface area contributed by atoms with Crippen LogP contribution < -0.4 is 9.47 Å². The Hall–Kier alpha value is -3.26. The minimum atomic E-state index is -0.811. The van der Waals surface area contributed by atoms with Crippen molar-refractivity contribution in [2.45, 2.75) is 12.5 Å². The van der Waals surface area contributed by atoms with Gasteiger partial charge in [-0.3, -0.25) is 9.59 Å². The number of rotatable bonds is 8. The number of Topliss-reactive ketones (excluding diaryl/α,β-unsaturated/α-hetero) is 1. The third-order valence-corrected chi connectivity index (χ3v) is 5.02. The first kappa shape index (κ1) is 21.4. The number of nitrogens with zero attached hydrogens (tertiary/aromatic N) is 2. The summed E-state index contributed by atoms with van der Waals surface area (Å²) in [4.78, 5) is 29.2. The number of carbonyl (C=O) groups excluding carboxylic acids is 2. The quantitative estimate of drug-likeness (QED) is 0.403. The Morgan fingerprint density at radius 2 is 1.97 bits per heavy atom. The maximum absolute atomic E-state index is 12.9. The van der Waals surface area contributed by atoms with Gasteiger partial charge in [0.15, 0.2) is 0 Å². The van der Waals surface area contributed by atoms with E-state index in [0.717, 1.165) is 6.54 Å². The number of methoxy groups -OCH3 is 2. The van der Waals surface area contributed by atoms with Crippen LogP contribution in [0.5, 0.6) is 11.5 Å². The molecule has 1 aromatic heterocycles. The van der Waals surface area contributed by atoms with Crippen LogP contribution in [0.3, 0.4) is 0 Å². The smallest absolute Gasteiger partial charge is 0.295 e. The van der Waals surface area contributed by atoms with E-state index in [1.54, 1.807) is 30.3 Å². The topological polar surface area (TPSA) is 92.5 Å². The fourth-order valence-electron chi connectivity index (χ4n) is 3.55. The van der Waals surface area contributed by atoms with Gasteiger partial charge in [0.05, 0.1) is 31.6 Å². The van der Waals surface area contributed by atoms with Gasteiger partial charge in [-0.15, -0.1) is 0 Å². The highest BCUT2D eigenvalue weighted by atomic mass is 16.5. The van der Waals surface area contributed by atoms with E-state index in [9.17, 15) is 14.7 Å². The monoisotopic (exact) mass is 414 g/mol. The number of hydrogen-bond donors (Lipinski definition) is 1. The van der Waals surface area contributed by atoms with Crippen LogP contribution in [0.25, 0.3) is 5.76 Å². The molecule has 1 fully saturated rings. The van der Waals surface area contributed by atoms with Crippen molar-refractivity contribution in [1.82, 2.24) is 9.80 Å². The van der Waals surface area contributed by atoms with Gasteiger partial charge in [0, 0.05) is 12.6 Å². The van der Waals surface area contributed by atoms with Crippen LogP contribution in [0.2, 0.25) is 0 Å². The predicted molar refractivity (Wildman–Crippen MR) is 110 cm³/mol. The van der Waals surface area contributed by atoms with Gasteiger partial charge in [0.2, 0.25) is 0 Å². The Morgan fingerprint density at radius 3 is 2.57 bits per heavy atom. The SMILES string of the molecule is COc1ccc(C(O)=C2C(=O)C(=O)N(CCCN(C)C)C2c2ccco2)c(OC)c1. The Morgan fingerprint density at radius 1 is 1.20 bits per heavy atom. The summed E-state index contributed by atoms with van der Waals surface area (Å²) in [6.07, 6.45) is 2.15. The highest BCUT2D eigenvalue weighted by molar-refractivity contribution is 6.46. The molecule has 1 aliphatic heterocycles. The van der Waals surface area contributed by atoms with Gasteiger partial charge in [-0.1, -0.05) is 0 Å². The second kappa shape index (κ2) is 9.04. The van der Waals surface area contributed by atoms with Crippen LogP contribution >= 0.6 is 0 Å². The lowest BCUT2D eigenvalue weighted by Gasteiger charge is -2.24. The zero-order valence-corrected chi connectivity index (χ0v) is 17.5. The molecule has 0 saturated carbocycles. The standard InChI is InChI=1S/C22H26N2O6/c1-23(2)10-6-11-24-19(16-7-5-12-30-16)18(21(26)22(24)27)20(25)15-9-8-14(28-3)13-17(15)29-4/h5,7-9,12-13,19,25H,6,10-11H2,1-4H3. The highest BCUT2D eigenvalue weighted by Crippen LogP contribution is 2.41. The third kappa shape index (κ3) is 4.04. The summed E-state index contributed by atoms with van der Waals surface area (Å²) in [7, 11) is 6.85. The number of furan rings is 1. The van der Waals surface area contributed by atoms with Crippen molar-refractivity contribution < 1.29 is 28.6 Å². The van der Waals surface area contributed by atoms with Crippen LogP contribution in [0, 0.1) is 0 Å². The molecular weight excluding hydrogens is 388 g/mol. The molecule has 8 heteroatoms. The van der Waals surface area contributed by atoms with Gasteiger partial charge in [-0.25, -0.2) is 0 Å². The van der Waals surface area contributed by atoms with E-state index in [-0.39, 0.29) is 11.3 Å². The summed E-state index contributed by atoms with van der Waals surface area (Å²) >= 11 is 0. The molecule has 0 spiro atoms. The molecule has 1 amide bonds. The normalized spacial score (nSPS) is 18.3. The molecule has 1 aliphatic rings. The van der Waals surface area contributed by atoms with Crippen LogP contribution in [0.15, 0.2) is 46.6 Å². The lowest BCUT2D eigenvalue weighted by Crippen LogP contribution is -2.32. The Balaban J connectivity index is 2.09. The minimum Gasteiger partial charge on any atom is -0.507 e. The molecule has 1 aromatic carbocycles. The molecule has 0 radical (unpaired) electrons. The molecule has 0 bridgehead atoms. The molecule has 160 valence electrons. The molecule has 1 atom stereocenters. The molecule has 3 rings (SSSR count). The molecule has 30 heavy (non-hydrogen) atoms. The number of hydrogen-bond acceptors (Lipinski definition) is 7. The van der Waals surface area contributed by atoms with Crippen molar-refractivity contribution in [3.8, 4) is 11.5 Å². The van der Waals surface area contributed by atoms with E-state index >= 15 is 0 Å². The molecule has 1 N–H and O–H groups in total. The molecule has 2 heterocycles. The molecular formula is C22H26N2O6. The van der Waals surface area contributed by atoms with E-state index in [1.807, 2.05) is 19.0 Å². The van der Waals surface area contributed by atoms with Crippen molar-refractivity contribution in [2.24, 2.45) is 0 Å². The van der Waals surface area contributed by atoms with Crippen molar-refractivity contribution >= 4 is 17.4 Å². The number of ether oxygens (including phenoxy) is 2. The Bertz CT molecular complexity index is 949. The van der Waals surface area contributed by atoms with Crippen molar-refractivity contribution in [2.75, 3.05) is 41.4 Å². The molecule has 2 aromatic rings. The highest BCUT2D eigenvalue weighted by Gasteiger charge is 2.47. The van der Waals surface area contributed by atoms with Crippen LogP contribution in [0.4, 0.5) is 0 Å². The van der Waals surface area contributed by atoms with Gasteiger partial charge in [0.25, 0.3) is 11.7 Å². The summed E-state index contributed by atoms with van der Waals surface area (Å²) in [6.45, 7) is 1.10. The van der Waals surface area contributed by atoms with E-state index in [0.29, 0.717) is 35.8 Å². The molecule has 1 saturated heterocycles. The van der Waals surface area contributed by atoms with Gasteiger partial charge in [-0.05, 0) is 51.3 Å². The number of benzene rings is 1. The lowest BCUT2D eigenvalue weighted by molar-refractivity contribution is -0.140. The maximum atomic E-state index is 12.9. The predicted octanol–water partition coefficient (Wildman–Crippen LogP) is 2.67. The van der Waals surface area contributed by atoms with E-state index in [2.05, 4.69) is 0 Å². The van der Waals surface area contributed by atoms with Crippen molar-refractivity contribution in [3.63, 3.8) is 0 Å². The fourth-order valence-corrected chi connectivity index (χ4v) is 3.55. The second-order valence-electron chi connectivity index (χ2n) is 7.23. The van der Waals surface area contributed by atoms with Crippen molar-refractivity contribution in [3.05, 3.63) is 53.5 Å². The Labute approximate surface area is 175 Å². The van der Waals surface area contributed by atoms with E-state index < -0.39 is 17.7 Å². The molecule has 1 unspecified atom stereocenters. The number of ketones is 1. The first-order valence-corrected chi connectivity index (χ1v) is 9.58. The van der Waals surface area contributed by atoms with Crippen LogP contribution in [-0.4, -0.2) is 68.0 Å². The third-order valence-electron chi connectivity index (χ3n) is 5.02. The van der Waals surface area contributed by atoms with Gasteiger partial charge in [0.1, 0.15) is 29.1 Å². The second-order valence-corrected chi connectivity index (χ2v) is 7.23. The summed E-state index contributed by atoms with van der Waals surface area (Å²) in [5.41, 5.74) is 0.268. The average Bonchev–Trinajstić information content (AvgIpc) is 3.35. The van der Waals surface area contributed by atoms with Gasteiger partial charge >= 0.3 is 0 Å². The zero-order chi connectivity index (χ0) is 21.8. The Kier molecular flexibility index (Phi) is 6.47. The zero-order valence-electron chi connectivity index (χ0n) is 17.5. The van der Waals surface area contributed by atoms with E-state index in [1.165, 1.54) is 25.4 Å². The number of amides is 1. The lowest BCUT2D eigenvalue weighted by atomic mass is 9.98. The average molecular weight is 414 g/mol. The van der Waals surface area contributed by atoms with Gasteiger partial charge < -0.3 is 28.8 Å². The minimum absolute atomic E-state index is 0.0248. The molecule has 0 aliphatic carbocycles. The summed E-state index contributed by atoms with van der Waals surface area (Å²) in [5.74, 6) is -0.461. The summed E-state index contributed by atoms with van der Waals surface area (Å²) in [6, 6.07) is 7.40. The number of aliphatic hydroxyl groups is 1. The summed E-state index contributed by atoms with van der Waals surface area (Å²) < 4.78 is 16.1. The fraction of sp³-hybridized carbons (Fsp3) is 0.364. The van der Waals surface area contributed by atoms with Gasteiger partial charge in [-0.2, -0.15) is 0 Å².